The summed E-state index contributed by atoms with van der Waals surface area (Å²) in [5, 5.41) is 14.9. The first-order chi connectivity index (χ1) is 35.6. The summed E-state index contributed by atoms with van der Waals surface area (Å²) in [5.74, 6) is -1.91. The fourth-order valence-corrected chi connectivity index (χ4v) is 8.81. The molecule has 24 nitrogen and oxygen atoms in total. The van der Waals surface area contributed by atoms with Gasteiger partial charge in [0.25, 0.3) is 11.8 Å². The number of hydrogen-bond acceptors (Lipinski definition) is 15. The second-order valence-corrected chi connectivity index (χ2v) is 19.6. The molecule has 6 N–H and O–H groups in total. The molecule has 0 bridgehead atoms. The van der Waals surface area contributed by atoms with Crippen molar-refractivity contribution in [2.24, 2.45) is 11.5 Å². The minimum Gasteiger partial charge on any atom is -0.494 e. The monoisotopic (exact) mass is 1030 g/mol. The van der Waals surface area contributed by atoms with E-state index in [4.69, 9.17) is 45.1 Å². The fraction of sp³-hybridized carbons (Fsp3) is 0.431. The number of imidazole rings is 2. The molecule has 0 aliphatic carbocycles. The van der Waals surface area contributed by atoms with Crippen LogP contribution in [0.2, 0.25) is 0 Å². The highest BCUT2D eigenvalue weighted by Gasteiger charge is 2.30. The van der Waals surface area contributed by atoms with Crippen LogP contribution in [0.1, 0.15) is 101 Å². The number of aryl methyl sites for hydroxylation is 3. The van der Waals surface area contributed by atoms with Crippen LogP contribution in [0.15, 0.2) is 60.6 Å². The highest BCUT2D eigenvalue weighted by atomic mass is 16.7. The summed E-state index contributed by atoms with van der Waals surface area (Å²) in [7, 11) is 1.45. The Hall–Kier alpha value is -8.41. The van der Waals surface area contributed by atoms with Crippen molar-refractivity contribution < 1.29 is 47.7 Å². The summed E-state index contributed by atoms with van der Waals surface area (Å²) < 4.78 is 35.8. The number of nitrogens with one attached hydrogen (secondary N) is 2. The average Bonchev–Trinajstić information content (AvgIpc) is 4.17. The summed E-state index contributed by atoms with van der Waals surface area (Å²) >= 11 is 0. The van der Waals surface area contributed by atoms with Crippen LogP contribution in [0.5, 0.6) is 11.5 Å². The minimum atomic E-state index is -0.865. The van der Waals surface area contributed by atoms with Crippen molar-refractivity contribution in [2.75, 3.05) is 57.1 Å². The number of carbonyl (C=O) groups is 5. The lowest BCUT2D eigenvalue weighted by atomic mass is 10.1. The van der Waals surface area contributed by atoms with E-state index in [1.807, 2.05) is 39.8 Å². The quantitative estimate of drug-likeness (QED) is 0.0589. The Labute approximate surface area is 432 Å². The largest absolute Gasteiger partial charge is 0.494 e. The number of nitrogens with two attached hydrogens (primary N) is 2. The van der Waals surface area contributed by atoms with Crippen LogP contribution in [0.4, 0.5) is 16.7 Å². The molecule has 8 rings (SSSR count). The fourth-order valence-electron chi connectivity index (χ4n) is 8.81. The molecule has 75 heavy (non-hydrogen) atoms. The smallest absolute Gasteiger partial charge is 0.410 e. The van der Waals surface area contributed by atoms with E-state index in [1.165, 1.54) is 30.2 Å². The summed E-state index contributed by atoms with van der Waals surface area (Å²) in [4.78, 5) is 79.5. The van der Waals surface area contributed by atoms with E-state index in [9.17, 15) is 24.0 Å². The molecule has 398 valence electrons. The highest BCUT2D eigenvalue weighted by molar-refractivity contribution is 6.05. The van der Waals surface area contributed by atoms with Crippen molar-refractivity contribution in [1.29, 1.82) is 0 Å². The van der Waals surface area contributed by atoms with E-state index in [-0.39, 0.29) is 66.8 Å². The second kappa shape index (κ2) is 21.6. The first kappa shape index (κ1) is 52.9. The number of amides is 5. The Balaban J connectivity index is 1.09. The maximum atomic E-state index is 14.2. The highest BCUT2D eigenvalue weighted by Crippen LogP contribution is 2.34. The van der Waals surface area contributed by atoms with Crippen molar-refractivity contribution in [3.05, 3.63) is 94.5 Å². The maximum absolute atomic E-state index is 14.2. The van der Waals surface area contributed by atoms with E-state index in [1.54, 1.807) is 70.7 Å². The summed E-state index contributed by atoms with van der Waals surface area (Å²) in [6.45, 7) is 18.6. The van der Waals surface area contributed by atoms with Gasteiger partial charge >= 0.3 is 6.09 Å². The number of anilines is 2. The zero-order valence-corrected chi connectivity index (χ0v) is 43.7. The number of methoxy groups -OCH3 is 1. The second-order valence-electron chi connectivity index (χ2n) is 19.6. The molecule has 1 fully saturated rings. The van der Waals surface area contributed by atoms with Crippen LogP contribution in [0.25, 0.3) is 22.1 Å². The lowest BCUT2D eigenvalue weighted by molar-refractivity contribution is -0.118. The topological polar surface area (TPSA) is 285 Å². The number of hydrogen-bond donors (Lipinski definition) is 4. The molecule has 6 heterocycles. The van der Waals surface area contributed by atoms with Crippen LogP contribution < -0.4 is 31.6 Å². The van der Waals surface area contributed by atoms with Gasteiger partial charge in [-0.15, -0.1) is 0 Å². The zero-order valence-electron chi connectivity index (χ0n) is 43.7. The Bertz CT molecular complexity index is 3240. The van der Waals surface area contributed by atoms with E-state index < -0.39 is 35.0 Å². The van der Waals surface area contributed by atoms with Crippen LogP contribution in [-0.4, -0.2) is 136 Å². The molecule has 24 heteroatoms. The third kappa shape index (κ3) is 12.2. The number of primary amides is 2. The third-order valence-corrected chi connectivity index (χ3v) is 12.2. The first-order valence-corrected chi connectivity index (χ1v) is 24.6. The first-order valence-electron chi connectivity index (χ1n) is 24.6. The van der Waals surface area contributed by atoms with Crippen LogP contribution in [-0.2, 0) is 40.4 Å². The molecule has 0 radical (unpaired) electrons. The van der Waals surface area contributed by atoms with Gasteiger partial charge in [0.1, 0.15) is 52.3 Å². The number of piperazine rings is 1. The molecule has 2 aliphatic rings. The van der Waals surface area contributed by atoms with Gasteiger partial charge in [0.2, 0.25) is 29.5 Å². The van der Waals surface area contributed by atoms with Crippen molar-refractivity contribution >= 4 is 63.7 Å². The lowest BCUT2D eigenvalue weighted by Crippen LogP contribution is -2.50. The number of allylic oxidation sites excluding steroid dienone is 3. The van der Waals surface area contributed by atoms with Gasteiger partial charge < -0.3 is 49.2 Å². The molecule has 0 unspecified atom stereocenters. The molecule has 0 atom stereocenters. The zero-order chi connectivity index (χ0) is 53.9. The molecular weight excluding hydrogens is 969 g/mol. The van der Waals surface area contributed by atoms with Crippen LogP contribution in [0.3, 0.4) is 0 Å². The summed E-state index contributed by atoms with van der Waals surface area (Å²) in [6, 6.07) is 9.45. The molecule has 0 saturated carbocycles. The molecule has 6 aromatic rings. The maximum Gasteiger partial charge on any atom is 0.410 e. The molecule has 1 saturated heterocycles. The normalized spacial score (nSPS) is 14.7. The number of ether oxygens (including phenoxy) is 5. The molecular formula is C51H64N14O10. The van der Waals surface area contributed by atoms with E-state index in [2.05, 4.69) is 25.7 Å². The van der Waals surface area contributed by atoms with Gasteiger partial charge in [0.15, 0.2) is 5.76 Å². The molecule has 2 aromatic carbocycles. The molecule has 0 spiro atoms. The van der Waals surface area contributed by atoms with Crippen molar-refractivity contribution in [3.63, 3.8) is 0 Å². The minimum absolute atomic E-state index is 0.105. The van der Waals surface area contributed by atoms with E-state index >= 15 is 0 Å². The number of rotatable bonds is 19. The average molecular weight is 1030 g/mol. The Morgan fingerprint density at radius 1 is 0.773 bits per heavy atom. The van der Waals surface area contributed by atoms with Gasteiger partial charge in [-0.2, -0.15) is 10.2 Å². The van der Waals surface area contributed by atoms with E-state index in [0.717, 1.165) is 0 Å². The standard InChI is InChI=1S/C51H64N14O10/c1-10-64-37(22-30(2)58-64)45(68)56-48-55-36-25-33(44(53)67)27-40(72-21-13-14-60-17-19-61(20-18-60)49(70)75-50(4,5)6)42(36)63(48)16-12-11-15-62-41-35(24-32(43(52)66)26-39(41)71-9)54-47(62)57-46(69)38-23-31(3)59-65(38)28-34-29-73-51(7,8)74-34/h11-12,22-27,29H,10,13-21,28H2,1-9H3,(H2,52,66)(H2,53,67)(H,54,57,69)(H,55,56,68)/b12-11+. The van der Waals surface area contributed by atoms with Gasteiger partial charge in [-0.05, 0) is 84.4 Å². The van der Waals surface area contributed by atoms with Crippen molar-refractivity contribution in [3.8, 4) is 11.5 Å². The number of aromatic nitrogens is 8. The van der Waals surface area contributed by atoms with Crippen molar-refractivity contribution in [2.45, 2.75) is 99.4 Å². The van der Waals surface area contributed by atoms with Crippen molar-refractivity contribution in [1.82, 2.24) is 48.5 Å². The van der Waals surface area contributed by atoms with Gasteiger partial charge in [-0.25, -0.2) is 14.8 Å². The summed E-state index contributed by atoms with van der Waals surface area (Å²) in [5.41, 5.74) is 14.6. The van der Waals surface area contributed by atoms with Gasteiger partial charge in [-0.1, -0.05) is 12.2 Å². The van der Waals surface area contributed by atoms with Crippen LogP contribution in [0, 0.1) is 13.8 Å². The molecule has 2 aliphatic heterocycles. The number of benzene rings is 2. The Kier molecular flexibility index (Phi) is 15.2. The van der Waals surface area contributed by atoms with Gasteiger partial charge in [0.05, 0.1) is 36.1 Å². The van der Waals surface area contributed by atoms with E-state index in [0.29, 0.717) is 96.3 Å². The number of carbonyl (C=O) groups excluding carboxylic acids is 5. The van der Waals surface area contributed by atoms with Gasteiger partial charge in [0, 0.05) is 77.3 Å². The number of nitrogens with zero attached hydrogens (tertiary/aromatic N) is 10. The third-order valence-electron chi connectivity index (χ3n) is 12.2. The SMILES string of the molecule is CCn1nc(C)cc1C(=O)Nc1nc2cc(C(N)=O)cc(OCCCN3CCN(C(=O)OC(C)(C)C)CC3)c2n1C/C=C/Cn1c(NC(=O)c2cc(C)nn2CC2=COC(C)(C)O2)nc2cc(C(N)=O)cc(OC)c21. The predicted molar refractivity (Wildman–Crippen MR) is 276 cm³/mol. The summed E-state index contributed by atoms with van der Waals surface area (Å²) in [6.07, 6.45) is 5.43. The Morgan fingerprint density at radius 2 is 1.31 bits per heavy atom. The van der Waals surface area contributed by atoms with Gasteiger partial charge in [-0.3, -0.25) is 44.1 Å². The Morgan fingerprint density at radius 3 is 1.81 bits per heavy atom. The number of fused-ring (bicyclic) bond motifs is 2. The van der Waals surface area contributed by atoms with Crippen LogP contribution >= 0.6 is 0 Å². The molecule has 4 aromatic heterocycles. The molecule has 5 amide bonds. The predicted octanol–water partition coefficient (Wildman–Crippen LogP) is 5.33. The lowest BCUT2D eigenvalue weighted by Gasteiger charge is -2.35.